The largest absolute Gasteiger partial charge is 0.374 e. The minimum Gasteiger partial charge on any atom is -0.374 e. The molecule has 184 valence electrons. The molecule has 7 nitrogen and oxygen atoms in total. The quantitative estimate of drug-likeness (QED) is 0.350. The smallest absolute Gasteiger partial charge is 0.154 e. The lowest BCUT2D eigenvalue weighted by Crippen LogP contribution is -2.44. The maximum absolute atomic E-state index is 13.6. The molecular formula is C26H30F2N6O. The van der Waals surface area contributed by atoms with E-state index in [9.17, 15) is 13.9 Å². The van der Waals surface area contributed by atoms with Gasteiger partial charge in [-0.2, -0.15) is 0 Å². The Hall–Kier alpha value is -3.56. The summed E-state index contributed by atoms with van der Waals surface area (Å²) in [5, 5.41) is 23.5. The van der Waals surface area contributed by atoms with E-state index >= 15 is 0 Å². The second-order valence-electron chi connectivity index (χ2n) is 8.53. The van der Waals surface area contributed by atoms with Crippen LogP contribution in [-0.2, 0) is 6.54 Å². The van der Waals surface area contributed by atoms with Crippen molar-refractivity contribution in [2.75, 3.05) is 18.9 Å². The summed E-state index contributed by atoms with van der Waals surface area (Å²) in [7, 11) is 1.80. The summed E-state index contributed by atoms with van der Waals surface area (Å²) in [5.41, 5.74) is 3.48. The molecule has 1 aromatic heterocycles. The second kappa shape index (κ2) is 11.2. The lowest BCUT2D eigenvalue weighted by Gasteiger charge is -2.29. The van der Waals surface area contributed by atoms with Crippen LogP contribution in [0, 0.1) is 5.92 Å². The third-order valence-corrected chi connectivity index (χ3v) is 6.13. The van der Waals surface area contributed by atoms with Gasteiger partial charge in [0.1, 0.15) is 17.9 Å². The molecule has 0 amide bonds. The Bertz CT molecular complexity index is 1140. The first-order valence-corrected chi connectivity index (χ1v) is 11.6. The number of benzene rings is 1. The Morgan fingerprint density at radius 3 is 2.63 bits per heavy atom. The number of dihydropyridines is 1. The SMILES string of the molecule is CNc1cnc(-c2ccc(CNC3=C(C(O)N[C@@H](C)C4C=C(F)C(F)=CC4)C=CCN3)cc2)cn1. The predicted molar refractivity (Wildman–Crippen MR) is 133 cm³/mol. The van der Waals surface area contributed by atoms with Crippen molar-refractivity contribution in [3.63, 3.8) is 0 Å². The van der Waals surface area contributed by atoms with E-state index in [1.807, 2.05) is 43.3 Å². The van der Waals surface area contributed by atoms with Gasteiger partial charge in [0.2, 0.25) is 0 Å². The normalized spacial score (nSPS) is 19.4. The van der Waals surface area contributed by atoms with E-state index in [2.05, 4.69) is 31.2 Å². The van der Waals surface area contributed by atoms with Crippen LogP contribution in [-0.4, -0.2) is 40.9 Å². The van der Waals surface area contributed by atoms with Gasteiger partial charge < -0.3 is 21.1 Å². The van der Waals surface area contributed by atoms with E-state index in [0.29, 0.717) is 36.7 Å². The van der Waals surface area contributed by atoms with E-state index in [1.165, 1.54) is 12.2 Å². The zero-order chi connectivity index (χ0) is 24.8. The van der Waals surface area contributed by atoms with Crippen molar-refractivity contribution in [1.82, 2.24) is 25.9 Å². The summed E-state index contributed by atoms with van der Waals surface area (Å²) in [6.45, 7) is 3.03. The molecular weight excluding hydrogens is 450 g/mol. The number of nitrogens with zero attached hydrogens (tertiary/aromatic N) is 2. The van der Waals surface area contributed by atoms with Gasteiger partial charge in [-0.25, -0.2) is 13.8 Å². The average Bonchev–Trinajstić information content (AvgIpc) is 2.89. The number of aliphatic hydroxyl groups is 1. The van der Waals surface area contributed by atoms with Gasteiger partial charge in [0, 0.05) is 37.3 Å². The second-order valence-corrected chi connectivity index (χ2v) is 8.53. The molecule has 1 aliphatic heterocycles. The van der Waals surface area contributed by atoms with Crippen molar-refractivity contribution in [2.45, 2.75) is 32.2 Å². The Labute approximate surface area is 203 Å². The molecule has 0 bridgehead atoms. The van der Waals surface area contributed by atoms with Gasteiger partial charge in [-0.15, -0.1) is 0 Å². The number of hydrogen-bond acceptors (Lipinski definition) is 7. The highest BCUT2D eigenvalue weighted by Gasteiger charge is 2.24. The lowest BCUT2D eigenvalue weighted by molar-refractivity contribution is 0.150. The average molecular weight is 481 g/mol. The highest BCUT2D eigenvalue weighted by atomic mass is 19.2. The molecule has 0 radical (unpaired) electrons. The van der Waals surface area contributed by atoms with Crippen LogP contribution in [0.2, 0.25) is 0 Å². The van der Waals surface area contributed by atoms with Crippen LogP contribution in [0.15, 0.2) is 84.0 Å². The van der Waals surface area contributed by atoms with Gasteiger partial charge >= 0.3 is 0 Å². The van der Waals surface area contributed by atoms with E-state index in [0.717, 1.165) is 16.8 Å². The third kappa shape index (κ3) is 6.12. The van der Waals surface area contributed by atoms with Crippen LogP contribution in [0.25, 0.3) is 11.3 Å². The predicted octanol–water partition coefficient (Wildman–Crippen LogP) is 3.67. The van der Waals surface area contributed by atoms with Gasteiger partial charge in [0.25, 0.3) is 0 Å². The highest BCUT2D eigenvalue weighted by Crippen LogP contribution is 2.27. The number of hydrogen-bond donors (Lipinski definition) is 5. The molecule has 2 aliphatic rings. The van der Waals surface area contributed by atoms with Crippen LogP contribution in [0.3, 0.4) is 0 Å². The maximum atomic E-state index is 13.6. The van der Waals surface area contributed by atoms with Crippen molar-refractivity contribution >= 4 is 5.82 Å². The summed E-state index contributed by atoms with van der Waals surface area (Å²) in [6, 6.07) is 7.76. The van der Waals surface area contributed by atoms with Gasteiger partial charge in [-0.05, 0) is 37.0 Å². The zero-order valence-corrected chi connectivity index (χ0v) is 19.7. The molecule has 4 rings (SSSR count). The van der Waals surface area contributed by atoms with Crippen LogP contribution in [0.4, 0.5) is 14.6 Å². The molecule has 0 spiro atoms. The number of anilines is 1. The van der Waals surface area contributed by atoms with Gasteiger partial charge in [-0.3, -0.25) is 10.3 Å². The molecule has 2 heterocycles. The molecule has 0 fully saturated rings. The summed E-state index contributed by atoms with van der Waals surface area (Å²) in [4.78, 5) is 8.71. The van der Waals surface area contributed by atoms with Crippen LogP contribution < -0.4 is 21.3 Å². The molecule has 2 unspecified atom stereocenters. The molecule has 1 aliphatic carbocycles. The fraction of sp³-hybridized carbons (Fsp3) is 0.308. The number of allylic oxidation sites excluding steroid dienone is 3. The standard InChI is InChI=1S/C26H30F2N6O/c1-16(19-9-10-21(27)22(28)12-19)34-26(35)20-4-3-11-30-25(20)33-13-17-5-7-18(8-6-17)23-14-32-24(29-2)15-31-23/h3-8,10,12,14-16,19,26,30,33-35H,9,11,13H2,1-2H3,(H,29,32)/t16-,19?,26?/m0/s1. The summed E-state index contributed by atoms with van der Waals surface area (Å²) >= 11 is 0. The van der Waals surface area contributed by atoms with E-state index in [-0.39, 0.29) is 12.0 Å². The Balaban J connectivity index is 1.38. The molecule has 3 atom stereocenters. The first kappa shape index (κ1) is 24.6. The monoisotopic (exact) mass is 480 g/mol. The number of aliphatic hydroxyl groups excluding tert-OH is 1. The molecule has 0 saturated carbocycles. The van der Waals surface area contributed by atoms with E-state index in [4.69, 9.17) is 0 Å². The van der Waals surface area contributed by atoms with Crippen molar-refractivity contribution in [3.05, 3.63) is 89.6 Å². The number of halogens is 2. The van der Waals surface area contributed by atoms with Gasteiger partial charge in [0.15, 0.2) is 11.7 Å². The first-order valence-electron chi connectivity index (χ1n) is 11.6. The third-order valence-electron chi connectivity index (χ3n) is 6.13. The molecule has 1 aromatic carbocycles. The van der Waals surface area contributed by atoms with Crippen molar-refractivity contribution < 1.29 is 13.9 Å². The summed E-state index contributed by atoms with van der Waals surface area (Å²) < 4.78 is 26.9. The number of aromatic nitrogens is 2. The molecule has 35 heavy (non-hydrogen) atoms. The number of nitrogens with one attached hydrogen (secondary N) is 4. The minimum absolute atomic E-state index is 0.251. The summed E-state index contributed by atoms with van der Waals surface area (Å²) in [6.07, 6.45) is 9.11. The lowest BCUT2D eigenvalue weighted by atomic mass is 9.92. The van der Waals surface area contributed by atoms with Gasteiger partial charge in [0.05, 0.1) is 18.1 Å². The van der Waals surface area contributed by atoms with Crippen LogP contribution >= 0.6 is 0 Å². The van der Waals surface area contributed by atoms with Crippen LogP contribution in [0.1, 0.15) is 18.9 Å². The van der Waals surface area contributed by atoms with Crippen molar-refractivity contribution in [2.24, 2.45) is 5.92 Å². The number of rotatable bonds is 9. The minimum atomic E-state index is -0.981. The Morgan fingerprint density at radius 2 is 1.94 bits per heavy atom. The van der Waals surface area contributed by atoms with E-state index in [1.54, 1.807) is 19.4 Å². The molecule has 5 N–H and O–H groups in total. The first-order chi connectivity index (χ1) is 16.9. The highest BCUT2D eigenvalue weighted by molar-refractivity contribution is 5.59. The van der Waals surface area contributed by atoms with E-state index < -0.39 is 17.9 Å². The van der Waals surface area contributed by atoms with Gasteiger partial charge in [-0.1, -0.05) is 36.4 Å². The van der Waals surface area contributed by atoms with Crippen LogP contribution in [0.5, 0.6) is 0 Å². The zero-order valence-electron chi connectivity index (χ0n) is 19.7. The molecule has 2 aromatic rings. The maximum Gasteiger partial charge on any atom is 0.154 e. The molecule has 0 saturated heterocycles. The fourth-order valence-corrected chi connectivity index (χ4v) is 4.00. The Morgan fingerprint density at radius 1 is 1.14 bits per heavy atom. The van der Waals surface area contributed by atoms with Crippen molar-refractivity contribution in [3.8, 4) is 11.3 Å². The Kier molecular flexibility index (Phi) is 7.89. The van der Waals surface area contributed by atoms with Crippen molar-refractivity contribution in [1.29, 1.82) is 0 Å². The topological polar surface area (TPSA) is 94.1 Å². The fourth-order valence-electron chi connectivity index (χ4n) is 4.00. The molecule has 9 heteroatoms. The summed E-state index contributed by atoms with van der Waals surface area (Å²) in [5.74, 6) is -0.492.